The molecule has 1 saturated heterocycles. The van der Waals surface area contributed by atoms with Crippen LogP contribution >= 0.6 is 11.3 Å². The van der Waals surface area contributed by atoms with Gasteiger partial charge in [0, 0.05) is 32.2 Å². The molecule has 0 atom stereocenters. The van der Waals surface area contributed by atoms with Crippen LogP contribution in [0.4, 0.5) is 5.13 Å². The highest BCUT2D eigenvalue weighted by atomic mass is 32.1. The average molecular weight is 309 g/mol. The molecule has 1 N–H and O–H groups in total. The van der Waals surface area contributed by atoms with Crippen molar-refractivity contribution in [3.05, 3.63) is 10.6 Å². The number of nitrogens with zero attached hydrogens (tertiary/aromatic N) is 3. The van der Waals surface area contributed by atoms with Gasteiger partial charge in [-0.15, -0.1) is 0 Å². The van der Waals surface area contributed by atoms with Crippen molar-refractivity contribution >= 4 is 16.5 Å². The molecule has 2 fully saturated rings. The highest BCUT2D eigenvalue weighted by Gasteiger charge is 2.27. The minimum atomic E-state index is 0.134. The van der Waals surface area contributed by atoms with Gasteiger partial charge in [-0.1, -0.05) is 37.5 Å². The van der Waals surface area contributed by atoms with Crippen LogP contribution in [-0.4, -0.2) is 47.2 Å². The van der Waals surface area contributed by atoms with E-state index in [9.17, 15) is 5.11 Å². The van der Waals surface area contributed by atoms with Crippen LogP contribution < -0.4 is 4.90 Å². The molecule has 1 saturated carbocycles. The maximum atomic E-state index is 9.49. The molecule has 2 aliphatic rings. The molecular formula is C16H27N3OS. The minimum absolute atomic E-state index is 0.134. The van der Waals surface area contributed by atoms with Gasteiger partial charge in [-0.25, -0.2) is 4.98 Å². The van der Waals surface area contributed by atoms with Gasteiger partial charge in [-0.05, 0) is 19.3 Å². The van der Waals surface area contributed by atoms with Crippen LogP contribution in [0, 0.1) is 0 Å². The van der Waals surface area contributed by atoms with Crippen LogP contribution in [0.25, 0.3) is 0 Å². The van der Waals surface area contributed by atoms with E-state index in [0.29, 0.717) is 0 Å². The van der Waals surface area contributed by atoms with Crippen LogP contribution in [0.1, 0.15) is 49.6 Å². The Labute approximate surface area is 131 Å². The SMILES string of the molecule is CCCc1nc(N2CCN(C3CCCC3)CC2)sc1CO. The summed E-state index contributed by atoms with van der Waals surface area (Å²) in [6.07, 6.45) is 7.69. The van der Waals surface area contributed by atoms with Crippen molar-refractivity contribution in [3.63, 3.8) is 0 Å². The molecule has 0 unspecified atom stereocenters. The Balaban J connectivity index is 1.60. The van der Waals surface area contributed by atoms with Crippen molar-refractivity contribution in [1.82, 2.24) is 9.88 Å². The quantitative estimate of drug-likeness (QED) is 0.908. The number of piperazine rings is 1. The molecule has 0 spiro atoms. The Morgan fingerprint density at radius 2 is 1.90 bits per heavy atom. The Morgan fingerprint density at radius 1 is 1.19 bits per heavy atom. The van der Waals surface area contributed by atoms with Crippen molar-refractivity contribution in [3.8, 4) is 0 Å². The van der Waals surface area contributed by atoms with E-state index in [1.54, 1.807) is 11.3 Å². The third-order valence-electron chi connectivity index (χ3n) is 4.82. The van der Waals surface area contributed by atoms with E-state index in [2.05, 4.69) is 16.7 Å². The van der Waals surface area contributed by atoms with E-state index in [0.717, 1.165) is 47.7 Å². The standard InChI is InChI=1S/C16H27N3OS/c1-2-5-14-15(12-20)21-16(17-14)19-10-8-18(9-11-19)13-6-3-4-7-13/h13,20H,2-12H2,1H3. The third-order valence-corrected chi connectivity index (χ3v) is 5.97. The monoisotopic (exact) mass is 309 g/mol. The number of rotatable bonds is 5. The number of aromatic nitrogens is 1. The van der Waals surface area contributed by atoms with Crippen LogP contribution in [0.2, 0.25) is 0 Å². The van der Waals surface area contributed by atoms with Crippen LogP contribution in [0.15, 0.2) is 0 Å². The number of anilines is 1. The molecule has 0 aromatic carbocycles. The molecule has 1 aromatic rings. The number of hydrogen-bond donors (Lipinski definition) is 1. The lowest BCUT2D eigenvalue weighted by atomic mass is 10.2. The first-order valence-corrected chi connectivity index (χ1v) is 9.22. The fraction of sp³-hybridized carbons (Fsp3) is 0.812. The van der Waals surface area contributed by atoms with Gasteiger partial charge in [-0.2, -0.15) is 0 Å². The Morgan fingerprint density at radius 3 is 2.52 bits per heavy atom. The first kappa shape index (κ1) is 15.3. The molecular weight excluding hydrogens is 282 g/mol. The molecule has 1 aromatic heterocycles. The Kier molecular flexibility index (Phi) is 5.14. The van der Waals surface area contributed by atoms with E-state index in [-0.39, 0.29) is 6.61 Å². The Hall–Kier alpha value is -0.650. The summed E-state index contributed by atoms with van der Waals surface area (Å²) >= 11 is 1.69. The van der Waals surface area contributed by atoms with Crippen molar-refractivity contribution in [2.45, 2.75) is 58.1 Å². The van der Waals surface area contributed by atoms with Gasteiger partial charge in [0.25, 0.3) is 0 Å². The second kappa shape index (κ2) is 7.07. The normalized spacial score (nSPS) is 21.3. The second-order valence-corrected chi connectivity index (χ2v) is 7.30. The van der Waals surface area contributed by atoms with Gasteiger partial charge < -0.3 is 10.0 Å². The van der Waals surface area contributed by atoms with Gasteiger partial charge in [-0.3, -0.25) is 4.90 Å². The smallest absolute Gasteiger partial charge is 0.185 e. The highest BCUT2D eigenvalue weighted by molar-refractivity contribution is 7.15. The minimum Gasteiger partial charge on any atom is -0.391 e. The first-order chi connectivity index (χ1) is 10.3. The van der Waals surface area contributed by atoms with E-state index < -0.39 is 0 Å². The summed E-state index contributed by atoms with van der Waals surface area (Å²) in [5.74, 6) is 0. The maximum Gasteiger partial charge on any atom is 0.185 e. The number of hydrogen-bond acceptors (Lipinski definition) is 5. The molecule has 0 amide bonds. The number of aliphatic hydroxyl groups excluding tert-OH is 1. The zero-order valence-electron chi connectivity index (χ0n) is 13.1. The summed E-state index contributed by atoms with van der Waals surface area (Å²) < 4.78 is 0. The van der Waals surface area contributed by atoms with Gasteiger partial charge in [0.2, 0.25) is 0 Å². The largest absolute Gasteiger partial charge is 0.391 e. The lowest BCUT2D eigenvalue weighted by Gasteiger charge is -2.37. The topological polar surface area (TPSA) is 39.6 Å². The van der Waals surface area contributed by atoms with Crippen molar-refractivity contribution < 1.29 is 5.11 Å². The predicted molar refractivity (Wildman–Crippen MR) is 88.1 cm³/mol. The summed E-state index contributed by atoms with van der Waals surface area (Å²) in [4.78, 5) is 10.9. The average Bonchev–Trinajstić information content (AvgIpc) is 3.17. The number of thiazole rings is 1. The number of aryl methyl sites for hydroxylation is 1. The molecule has 4 nitrogen and oxygen atoms in total. The van der Waals surface area contributed by atoms with Gasteiger partial charge in [0.1, 0.15) is 0 Å². The summed E-state index contributed by atoms with van der Waals surface area (Å²) in [5.41, 5.74) is 1.11. The maximum absolute atomic E-state index is 9.49. The fourth-order valence-corrected chi connectivity index (χ4v) is 4.63. The zero-order valence-corrected chi connectivity index (χ0v) is 13.9. The van der Waals surface area contributed by atoms with Crippen LogP contribution in [0.5, 0.6) is 0 Å². The van der Waals surface area contributed by atoms with E-state index in [1.807, 2.05) is 0 Å². The van der Waals surface area contributed by atoms with Gasteiger partial charge in [0.05, 0.1) is 17.2 Å². The van der Waals surface area contributed by atoms with Crippen molar-refractivity contribution in [1.29, 1.82) is 0 Å². The molecule has 2 heterocycles. The molecule has 1 aliphatic carbocycles. The van der Waals surface area contributed by atoms with Gasteiger partial charge in [0.15, 0.2) is 5.13 Å². The Bertz CT molecular complexity index is 448. The molecule has 118 valence electrons. The molecule has 5 heteroatoms. The third kappa shape index (κ3) is 3.41. The van der Waals surface area contributed by atoms with E-state index >= 15 is 0 Å². The predicted octanol–water partition coefficient (Wildman–Crippen LogP) is 2.65. The summed E-state index contributed by atoms with van der Waals surface area (Å²) in [6.45, 7) is 6.81. The summed E-state index contributed by atoms with van der Waals surface area (Å²) in [7, 11) is 0. The lowest BCUT2D eigenvalue weighted by Crippen LogP contribution is -2.49. The molecule has 1 aliphatic heterocycles. The highest BCUT2D eigenvalue weighted by Crippen LogP contribution is 2.30. The van der Waals surface area contributed by atoms with Crippen LogP contribution in [-0.2, 0) is 13.0 Å². The summed E-state index contributed by atoms with van der Waals surface area (Å²) in [6, 6.07) is 0.840. The van der Waals surface area contributed by atoms with E-state index in [4.69, 9.17) is 4.98 Å². The fourth-order valence-electron chi connectivity index (χ4n) is 3.61. The molecule has 21 heavy (non-hydrogen) atoms. The molecule has 0 bridgehead atoms. The number of aliphatic hydroxyl groups is 1. The zero-order chi connectivity index (χ0) is 14.7. The lowest BCUT2D eigenvalue weighted by molar-refractivity contribution is 0.187. The van der Waals surface area contributed by atoms with Crippen molar-refractivity contribution in [2.24, 2.45) is 0 Å². The molecule has 0 radical (unpaired) electrons. The van der Waals surface area contributed by atoms with Crippen LogP contribution in [0.3, 0.4) is 0 Å². The van der Waals surface area contributed by atoms with Gasteiger partial charge >= 0.3 is 0 Å². The first-order valence-electron chi connectivity index (χ1n) is 8.40. The summed E-state index contributed by atoms with van der Waals surface area (Å²) in [5, 5.41) is 10.6. The van der Waals surface area contributed by atoms with Crippen molar-refractivity contribution in [2.75, 3.05) is 31.1 Å². The molecule has 3 rings (SSSR count). The second-order valence-electron chi connectivity index (χ2n) is 6.24. The van der Waals surface area contributed by atoms with E-state index in [1.165, 1.54) is 38.8 Å².